The van der Waals surface area contributed by atoms with Crippen molar-refractivity contribution in [3.05, 3.63) is 52.9 Å². The number of hydrogen-bond donors (Lipinski definition) is 5. The number of carboxylic acid groups (broad SMARTS) is 3. The molecule has 0 amide bonds. The number of aliphatic carboxylic acids is 3. The summed E-state index contributed by atoms with van der Waals surface area (Å²) in [7, 11) is 0. The number of rotatable bonds is 10. The standard InChI is InChI=1S/C18H21F3N2O.C6H8O7/c1-12-9-15(24-23-12)10-13-6-4-8-17(13)22-11-14-5-2-3-7-16(14)18(19,20)21;7-3(8)1-6(13,5(11)12)2-4(9)10/h2-3,5,7,9,13,17,22H,4,6,8,10-11H2,1H3;13H,1-2H2,(H,7,8)(H,9,10)(H,11,12)/t13-,17+;/m0./s1. The van der Waals surface area contributed by atoms with Crippen molar-refractivity contribution in [1.82, 2.24) is 10.5 Å². The van der Waals surface area contributed by atoms with Gasteiger partial charge < -0.3 is 30.3 Å². The van der Waals surface area contributed by atoms with Crippen LogP contribution in [-0.4, -0.2) is 55.1 Å². The molecule has 13 heteroatoms. The Morgan fingerprint density at radius 3 is 2.22 bits per heavy atom. The number of aryl methyl sites for hydroxylation is 1. The second-order valence-corrected chi connectivity index (χ2v) is 8.95. The van der Waals surface area contributed by atoms with Crippen LogP contribution in [0.4, 0.5) is 13.2 Å². The van der Waals surface area contributed by atoms with E-state index in [1.807, 2.05) is 13.0 Å². The number of halogens is 3. The Balaban J connectivity index is 0.000000317. The molecule has 1 aromatic carbocycles. The number of aromatic nitrogens is 1. The van der Waals surface area contributed by atoms with E-state index < -0.39 is 48.1 Å². The third-order valence-corrected chi connectivity index (χ3v) is 5.96. The molecule has 10 nitrogen and oxygen atoms in total. The van der Waals surface area contributed by atoms with E-state index in [0.717, 1.165) is 43.2 Å². The molecule has 0 bridgehead atoms. The van der Waals surface area contributed by atoms with Crippen LogP contribution in [0.5, 0.6) is 0 Å². The lowest BCUT2D eigenvalue weighted by Crippen LogP contribution is -2.42. The summed E-state index contributed by atoms with van der Waals surface area (Å²) in [6.45, 7) is 2.11. The fraction of sp³-hybridized carbons (Fsp3) is 0.500. The lowest BCUT2D eigenvalue weighted by molar-refractivity contribution is -0.170. The highest BCUT2D eigenvalue weighted by Gasteiger charge is 2.40. The summed E-state index contributed by atoms with van der Waals surface area (Å²) in [5.41, 5.74) is -2.15. The van der Waals surface area contributed by atoms with Crippen LogP contribution in [0.2, 0.25) is 0 Å². The van der Waals surface area contributed by atoms with Gasteiger partial charge in [0.05, 0.1) is 24.1 Å². The van der Waals surface area contributed by atoms with E-state index in [-0.39, 0.29) is 12.6 Å². The summed E-state index contributed by atoms with van der Waals surface area (Å²) >= 11 is 0. The van der Waals surface area contributed by atoms with Gasteiger partial charge in [0.2, 0.25) is 0 Å². The van der Waals surface area contributed by atoms with Crippen molar-refractivity contribution in [1.29, 1.82) is 0 Å². The smallest absolute Gasteiger partial charge is 0.416 e. The van der Waals surface area contributed by atoms with Gasteiger partial charge in [-0.05, 0) is 37.3 Å². The molecule has 0 aliphatic heterocycles. The van der Waals surface area contributed by atoms with Crippen LogP contribution in [0.15, 0.2) is 34.9 Å². The first-order valence-electron chi connectivity index (χ1n) is 11.4. The Labute approximate surface area is 210 Å². The molecule has 3 rings (SSSR count). The molecular weight excluding hydrogens is 501 g/mol. The highest BCUT2D eigenvalue weighted by Crippen LogP contribution is 2.33. The lowest BCUT2D eigenvalue weighted by atomic mass is 9.96. The Kier molecular flexibility index (Phi) is 10.2. The van der Waals surface area contributed by atoms with Gasteiger partial charge in [0.25, 0.3) is 0 Å². The van der Waals surface area contributed by atoms with Crippen molar-refractivity contribution >= 4 is 17.9 Å². The Morgan fingerprint density at radius 2 is 1.70 bits per heavy atom. The van der Waals surface area contributed by atoms with Gasteiger partial charge in [0, 0.05) is 25.1 Å². The van der Waals surface area contributed by atoms with Crippen LogP contribution >= 0.6 is 0 Å². The molecule has 0 saturated heterocycles. The van der Waals surface area contributed by atoms with Crippen molar-refractivity contribution in [2.45, 2.75) is 69.8 Å². The minimum absolute atomic E-state index is 0.205. The number of nitrogens with one attached hydrogen (secondary N) is 1. The van der Waals surface area contributed by atoms with Gasteiger partial charge in [0.15, 0.2) is 5.60 Å². The maximum atomic E-state index is 13.1. The van der Waals surface area contributed by atoms with Crippen LogP contribution in [0, 0.1) is 12.8 Å². The maximum absolute atomic E-state index is 13.1. The Bertz CT molecular complexity index is 1070. The number of nitrogens with zero attached hydrogens (tertiary/aromatic N) is 1. The average Bonchev–Trinajstić information content (AvgIpc) is 3.39. The van der Waals surface area contributed by atoms with E-state index in [0.29, 0.717) is 11.5 Å². The molecule has 1 fully saturated rings. The van der Waals surface area contributed by atoms with Crippen LogP contribution in [0.1, 0.15) is 54.7 Å². The normalized spacial score (nSPS) is 17.6. The summed E-state index contributed by atoms with van der Waals surface area (Å²) in [6.07, 6.45) is -2.71. The molecule has 204 valence electrons. The lowest BCUT2D eigenvalue weighted by Gasteiger charge is -2.21. The molecule has 2 atom stereocenters. The highest BCUT2D eigenvalue weighted by molar-refractivity contribution is 5.88. The van der Waals surface area contributed by atoms with Crippen LogP contribution in [0.3, 0.4) is 0 Å². The van der Waals surface area contributed by atoms with E-state index in [9.17, 15) is 27.6 Å². The maximum Gasteiger partial charge on any atom is 0.416 e. The van der Waals surface area contributed by atoms with E-state index >= 15 is 0 Å². The number of carbonyl (C=O) groups is 3. The molecule has 1 aliphatic rings. The van der Waals surface area contributed by atoms with Gasteiger partial charge in [-0.2, -0.15) is 13.2 Å². The molecule has 0 spiro atoms. The third-order valence-electron chi connectivity index (χ3n) is 5.96. The van der Waals surface area contributed by atoms with E-state index in [2.05, 4.69) is 10.5 Å². The number of hydrogen-bond acceptors (Lipinski definition) is 7. The van der Waals surface area contributed by atoms with E-state index in [4.69, 9.17) is 24.9 Å². The number of benzene rings is 1. The molecule has 1 heterocycles. The van der Waals surface area contributed by atoms with E-state index in [1.165, 1.54) is 6.07 Å². The topological polar surface area (TPSA) is 170 Å². The third kappa shape index (κ3) is 9.17. The zero-order valence-electron chi connectivity index (χ0n) is 20.0. The number of aliphatic hydroxyl groups is 1. The van der Waals surface area contributed by atoms with Crippen LogP contribution < -0.4 is 5.32 Å². The van der Waals surface area contributed by atoms with Crippen molar-refractivity contribution in [3.63, 3.8) is 0 Å². The zero-order valence-corrected chi connectivity index (χ0v) is 20.0. The van der Waals surface area contributed by atoms with Gasteiger partial charge in [-0.25, -0.2) is 4.79 Å². The SMILES string of the molecule is Cc1cc(C[C@@H]2CCC[C@H]2NCc2ccccc2C(F)(F)F)on1.O=C(O)CC(O)(CC(=O)O)C(=O)O. The molecule has 2 aromatic rings. The Morgan fingerprint density at radius 1 is 1.08 bits per heavy atom. The van der Waals surface area contributed by atoms with Crippen LogP contribution in [-0.2, 0) is 33.5 Å². The summed E-state index contributed by atoms with van der Waals surface area (Å²) in [4.78, 5) is 30.5. The minimum atomic E-state index is -4.31. The van der Waals surface area contributed by atoms with Gasteiger partial charge in [-0.15, -0.1) is 0 Å². The molecule has 1 aromatic heterocycles. The summed E-state index contributed by atoms with van der Waals surface area (Å²) in [5.74, 6) is -3.80. The Hall–Kier alpha value is -3.45. The van der Waals surface area contributed by atoms with E-state index in [1.54, 1.807) is 12.1 Å². The first kappa shape index (κ1) is 29.8. The van der Waals surface area contributed by atoms with Gasteiger partial charge in [-0.1, -0.05) is 29.8 Å². The van der Waals surface area contributed by atoms with Crippen molar-refractivity contribution in [2.75, 3.05) is 0 Å². The van der Waals surface area contributed by atoms with Gasteiger partial charge in [-0.3, -0.25) is 9.59 Å². The molecule has 1 saturated carbocycles. The predicted octanol–water partition coefficient (Wildman–Crippen LogP) is 3.25. The van der Waals surface area contributed by atoms with Crippen LogP contribution in [0.25, 0.3) is 0 Å². The highest BCUT2D eigenvalue weighted by atomic mass is 19.4. The average molecular weight is 530 g/mol. The van der Waals surface area contributed by atoms with Crippen molar-refractivity contribution < 1.29 is 52.5 Å². The quantitative estimate of drug-likeness (QED) is 0.307. The second-order valence-electron chi connectivity index (χ2n) is 8.95. The number of carboxylic acids is 3. The predicted molar refractivity (Wildman–Crippen MR) is 121 cm³/mol. The summed E-state index contributed by atoms with van der Waals surface area (Å²) in [6, 6.07) is 7.89. The molecule has 1 aliphatic carbocycles. The summed E-state index contributed by atoms with van der Waals surface area (Å²) in [5, 5.41) is 41.0. The van der Waals surface area contributed by atoms with Gasteiger partial charge >= 0.3 is 24.1 Å². The molecular formula is C24H29F3N2O8. The first-order valence-corrected chi connectivity index (χ1v) is 11.4. The second kappa shape index (κ2) is 12.7. The van der Waals surface area contributed by atoms with Crippen molar-refractivity contribution in [3.8, 4) is 0 Å². The molecule has 5 N–H and O–H groups in total. The largest absolute Gasteiger partial charge is 0.481 e. The summed E-state index contributed by atoms with van der Waals surface area (Å²) < 4.78 is 44.5. The number of alkyl halides is 3. The first-order chi connectivity index (χ1) is 17.2. The van der Waals surface area contributed by atoms with Crippen molar-refractivity contribution in [2.24, 2.45) is 5.92 Å². The van der Waals surface area contributed by atoms with Gasteiger partial charge in [0.1, 0.15) is 5.76 Å². The monoisotopic (exact) mass is 530 g/mol. The minimum Gasteiger partial charge on any atom is -0.481 e. The molecule has 0 radical (unpaired) electrons. The molecule has 0 unspecified atom stereocenters. The zero-order chi connectivity index (χ0) is 27.8. The fourth-order valence-corrected chi connectivity index (χ4v) is 4.23. The molecule has 37 heavy (non-hydrogen) atoms. The fourth-order valence-electron chi connectivity index (χ4n) is 4.23.